The molecule has 0 radical (unpaired) electrons. The molecule has 3 fully saturated rings. The zero-order valence-electron chi connectivity index (χ0n) is 20.4. The standard InChI is InChI=1S/C28H35NO5/c1-15(2)20-12-9-16(3)13-21(20)33-28-23-22(26(30)34-28)24(29-25(23)27(31)32-4)19-11-10-17-7-5-6-8-18(17)14-19/h5-8,10-11,14-16,20-25,28-29H,9,12-13H2,1-4H3/t16-,20+,21-,22-,23+,24-,25-,28-/m1/s1. The lowest BCUT2D eigenvalue weighted by Crippen LogP contribution is -2.45. The second-order valence-corrected chi connectivity index (χ2v) is 10.7. The van der Waals surface area contributed by atoms with Crippen LogP contribution in [0.3, 0.4) is 0 Å². The van der Waals surface area contributed by atoms with Crippen LogP contribution in [0.4, 0.5) is 0 Å². The van der Waals surface area contributed by atoms with Crippen LogP contribution in [-0.2, 0) is 23.8 Å². The number of ether oxygens (including phenoxy) is 3. The van der Waals surface area contributed by atoms with Crippen molar-refractivity contribution >= 4 is 22.7 Å². The molecule has 2 aromatic carbocycles. The van der Waals surface area contributed by atoms with Crippen molar-refractivity contribution in [3.8, 4) is 0 Å². The zero-order valence-corrected chi connectivity index (χ0v) is 20.4. The number of benzene rings is 2. The number of carbonyl (C=O) groups is 2. The van der Waals surface area contributed by atoms with Gasteiger partial charge in [-0.2, -0.15) is 0 Å². The molecule has 6 nitrogen and oxygen atoms in total. The summed E-state index contributed by atoms with van der Waals surface area (Å²) in [6.45, 7) is 6.70. The Morgan fingerprint density at radius 3 is 2.62 bits per heavy atom. The van der Waals surface area contributed by atoms with E-state index in [1.165, 1.54) is 13.5 Å². The molecule has 34 heavy (non-hydrogen) atoms. The third kappa shape index (κ3) is 4.11. The van der Waals surface area contributed by atoms with Crippen molar-refractivity contribution in [2.75, 3.05) is 7.11 Å². The number of cyclic esters (lactones) is 1. The summed E-state index contributed by atoms with van der Waals surface area (Å²) in [7, 11) is 1.38. The van der Waals surface area contributed by atoms with Crippen LogP contribution in [0.2, 0.25) is 0 Å². The van der Waals surface area contributed by atoms with Crippen LogP contribution in [0.1, 0.15) is 51.6 Å². The summed E-state index contributed by atoms with van der Waals surface area (Å²) >= 11 is 0. The van der Waals surface area contributed by atoms with E-state index < -0.39 is 24.2 Å². The van der Waals surface area contributed by atoms with Crippen LogP contribution < -0.4 is 5.32 Å². The van der Waals surface area contributed by atoms with Gasteiger partial charge in [-0.15, -0.1) is 0 Å². The fourth-order valence-electron chi connectivity index (χ4n) is 6.35. The Hall–Kier alpha value is -2.44. The summed E-state index contributed by atoms with van der Waals surface area (Å²) in [6.07, 6.45) is 2.50. The Bertz CT molecular complexity index is 1070. The van der Waals surface area contributed by atoms with Crippen molar-refractivity contribution in [1.29, 1.82) is 0 Å². The monoisotopic (exact) mass is 465 g/mol. The molecule has 1 aliphatic carbocycles. The Kier molecular flexibility index (Phi) is 6.38. The van der Waals surface area contributed by atoms with E-state index in [4.69, 9.17) is 14.2 Å². The first-order chi connectivity index (χ1) is 16.4. The molecular weight excluding hydrogens is 430 g/mol. The maximum atomic E-state index is 13.2. The van der Waals surface area contributed by atoms with Crippen LogP contribution in [0.5, 0.6) is 0 Å². The maximum Gasteiger partial charge on any atom is 0.323 e. The normalized spacial score (nSPS) is 35.4. The number of methoxy groups -OCH3 is 1. The van der Waals surface area contributed by atoms with Crippen molar-refractivity contribution in [3.05, 3.63) is 48.0 Å². The summed E-state index contributed by atoms with van der Waals surface area (Å²) < 4.78 is 17.5. The minimum atomic E-state index is -0.754. The van der Waals surface area contributed by atoms with Crippen LogP contribution in [0, 0.1) is 29.6 Å². The second kappa shape index (κ2) is 9.31. The number of esters is 2. The van der Waals surface area contributed by atoms with Crippen molar-refractivity contribution in [2.24, 2.45) is 29.6 Å². The summed E-state index contributed by atoms with van der Waals surface area (Å²) in [5.74, 6) is -0.170. The van der Waals surface area contributed by atoms with E-state index in [1.807, 2.05) is 18.2 Å². The second-order valence-electron chi connectivity index (χ2n) is 10.7. The molecule has 2 saturated heterocycles. The highest BCUT2D eigenvalue weighted by atomic mass is 16.7. The van der Waals surface area contributed by atoms with Gasteiger partial charge in [0.15, 0.2) is 0 Å². The Morgan fingerprint density at radius 1 is 1.12 bits per heavy atom. The SMILES string of the molecule is COC(=O)[C@@H]1N[C@H](c2ccc3ccccc3c2)[C@@H]2C(=O)O[C@@H](O[C@@H]3C[C@H](C)CC[C@H]3C(C)C)[C@@H]21. The quantitative estimate of drug-likeness (QED) is 0.650. The molecule has 5 rings (SSSR count). The predicted molar refractivity (Wildman–Crippen MR) is 129 cm³/mol. The lowest BCUT2D eigenvalue weighted by atomic mass is 9.75. The third-order valence-corrected chi connectivity index (χ3v) is 8.19. The molecule has 3 aliphatic rings. The van der Waals surface area contributed by atoms with Crippen LogP contribution in [0.15, 0.2) is 42.5 Å². The van der Waals surface area contributed by atoms with Crippen LogP contribution >= 0.6 is 0 Å². The molecule has 0 aromatic heterocycles. The average molecular weight is 466 g/mol. The molecule has 1 N–H and O–H groups in total. The van der Waals surface area contributed by atoms with Crippen LogP contribution in [0.25, 0.3) is 10.8 Å². The number of fused-ring (bicyclic) bond motifs is 2. The summed E-state index contributed by atoms with van der Waals surface area (Å²) in [6, 6.07) is 13.3. The van der Waals surface area contributed by atoms with E-state index in [-0.39, 0.29) is 24.1 Å². The molecular formula is C28H35NO5. The first-order valence-corrected chi connectivity index (χ1v) is 12.6. The third-order valence-electron chi connectivity index (χ3n) is 8.19. The van der Waals surface area contributed by atoms with E-state index >= 15 is 0 Å². The number of nitrogens with one attached hydrogen (secondary N) is 1. The predicted octanol–water partition coefficient (Wildman–Crippen LogP) is 4.62. The summed E-state index contributed by atoms with van der Waals surface area (Å²) in [5, 5.41) is 5.63. The molecule has 2 heterocycles. The zero-order chi connectivity index (χ0) is 24.0. The van der Waals surface area contributed by atoms with Gasteiger partial charge in [-0.3, -0.25) is 14.9 Å². The van der Waals surface area contributed by atoms with Crippen molar-refractivity contribution in [2.45, 2.75) is 64.5 Å². The molecule has 6 heteroatoms. The Morgan fingerprint density at radius 2 is 1.88 bits per heavy atom. The van der Waals surface area contributed by atoms with Gasteiger partial charge in [-0.05, 0) is 53.0 Å². The lowest BCUT2D eigenvalue weighted by Gasteiger charge is -2.39. The Labute approximate surface area is 201 Å². The first kappa shape index (κ1) is 23.3. The molecule has 0 unspecified atom stereocenters. The number of hydrogen-bond donors (Lipinski definition) is 1. The minimum Gasteiger partial charge on any atom is -0.468 e. The van der Waals surface area contributed by atoms with E-state index in [1.54, 1.807) is 0 Å². The summed E-state index contributed by atoms with van der Waals surface area (Å²) in [5.41, 5.74) is 0.962. The van der Waals surface area contributed by atoms with Gasteiger partial charge < -0.3 is 14.2 Å². The molecule has 1 saturated carbocycles. The van der Waals surface area contributed by atoms with Crippen molar-refractivity contribution in [3.63, 3.8) is 0 Å². The van der Waals surface area contributed by atoms with E-state index in [2.05, 4.69) is 50.4 Å². The maximum absolute atomic E-state index is 13.2. The highest BCUT2D eigenvalue weighted by Gasteiger charge is 2.61. The van der Waals surface area contributed by atoms with Gasteiger partial charge in [0, 0.05) is 6.04 Å². The average Bonchev–Trinajstić information content (AvgIpc) is 3.37. The van der Waals surface area contributed by atoms with Gasteiger partial charge >= 0.3 is 11.9 Å². The minimum absolute atomic E-state index is 0.0123. The molecule has 8 atom stereocenters. The number of carbonyl (C=O) groups excluding carboxylic acids is 2. The largest absolute Gasteiger partial charge is 0.468 e. The molecule has 0 bridgehead atoms. The van der Waals surface area contributed by atoms with Gasteiger partial charge in [0.2, 0.25) is 6.29 Å². The van der Waals surface area contributed by atoms with Gasteiger partial charge in [0.1, 0.15) is 6.04 Å². The van der Waals surface area contributed by atoms with Gasteiger partial charge in [-0.25, -0.2) is 0 Å². The summed E-state index contributed by atoms with van der Waals surface area (Å²) in [4.78, 5) is 26.0. The lowest BCUT2D eigenvalue weighted by molar-refractivity contribution is -0.199. The van der Waals surface area contributed by atoms with Crippen molar-refractivity contribution in [1.82, 2.24) is 5.32 Å². The molecule has 2 aromatic rings. The fourth-order valence-corrected chi connectivity index (χ4v) is 6.35. The van der Waals surface area contributed by atoms with Gasteiger partial charge in [0.05, 0.1) is 25.0 Å². The topological polar surface area (TPSA) is 73.9 Å². The number of hydrogen-bond acceptors (Lipinski definition) is 6. The highest BCUT2D eigenvalue weighted by Crippen LogP contribution is 2.48. The van der Waals surface area contributed by atoms with E-state index in [0.717, 1.165) is 29.2 Å². The van der Waals surface area contributed by atoms with Crippen LogP contribution in [-0.4, -0.2) is 37.5 Å². The van der Waals surface area contributed by atoms with Gasteiger partial charge in [-0.1, -0.05) is 63.6 Å². The van der Waals surface area contributed by atoms with Gasteiger partial charge in [0.25, 0.3) is 0 Å². The molecule has 182 valence electrons. The molecule has 0 spiro atoms. The first-order valence-electron chi connectivity index (χ1n) is 12.6. The number of rotatable bonds is 5. The fraction of sp³-hybridized carbons (Fsp3) is 0.571. The Balaban J connectivity index is 1.45. The molecule has 2 aliphatic heterocycles. The molecule has 0 amide bonds. The smallest absolute Gasteiger partial charge is 0.323 e. The van der Waals surface area contributed by atoms with E-state index in [0.29, 0.717) is 17.8 Å². The highest BCUT2D eigenvalue weighted by molar-refractivity contribution is 5.85. The van der Waals surface area contributed by atoms with Crippen molar-refractivity contribution < 1.29 is 23.8 Å². The van der Waals surface area contributed by atoms with E-state index in [9.17, 15) is 9.59 Å².